The van der Waals surface area contributed by atoms with Crippen LogP contribution in [0.3, 0.4) is 0 Å². The van der Waals surface area contributed by atoms with Crippen molar-refractivity contribution in [3.05, 3.63) is 53.6 Å². The zero-order valence-corrected chi connectivity index (χ0v) is 10.3. The molecule has 0 unspecified atom stereocenters. The fraction of sp³-hybridized carbons (Fsp3) is 0.154. The van der Waals surface area contributed by atoms with Crippen LogP contribution in [-0.4, -0.2) is 21.7 Å². The van der Waals surface area contributed by atoms with E-state index in [0.29, 0.717) is 5.56 Å². The van der Waals surface area contributed by atoms with E-state index < -0.39 is 0 Å². The van der Waals surface area contributed by atoms with Crippen molar-refractivity contribution >= 4 is 12.1 Å². The van der Waals surface area contributed by atoms with Crippen molar-refractivity contribution in [1.29, 1.82) is 0 Å². The summed E-state index contributed by atoms with van der Waals surface area (Å²) in [4.78, 5) is 15.5. The Bertz CT molecular complexity index is 572. The SMILES string of the molecule is Cc1ccc(/C=N/NC(=O)c2ccncc2)n1C. The number of aryl methyl sites for hydroxylation is 1. The fourth-order valence-corrected chi connectivity index (χ4v) is 1.49. The Balaban J connectivity index is 2.00. The Morgan fingerprint density at radius 1 is 1.33 bits per heavy atom. The van der Waals surface area contributed by atoms with Crippen LogP contribution >= 0.6 is 0 Å². The molecule has 0 spiro atoms. The summed E-state index contributed by atoms with van der Waals surface area (Å²) in [6.07, 6.45) is 4.75. The minimum Gasteiger partial charge on any atom is -0.347 e. The number of carbonyl (C=O) groups excluding carboxylic acids is 1. The van der Waals surface area contributed by atoms with Gasteiger partial charge in [0.05, 0.1) is 11.9 Å². The molecule has 5 nitrogen and oxygen atoms in total. The molecule has 0 aliphatic heterocycles. The molecule has 2 aromatic heterocycles. The molecule has 2 rings (SSSR count). The largest absolute Gasteiger partial charge is 0.347 e. The van der Waals surface area contributed by atoms with Gasteiger partial charge in [0, 0.05) is 30.7 Å². The number of nitrogens with one attached hydrogen (secondary N) is 1. The highest BCUT2D eigenvalue weighted by atomic mass is 16.2. The van der Waals surface area contributed by atoms with E-state index >= 15 is 0 Å². The van der Waals surface area contributed by atoms with E-state index in [4.69, 9.17) is 0 Å². The lowest BCUT2D eigenvalue weighted by molar-refractivity contribution is 0.0955. The molecule has 1 amide bonds. The van der Waals surface area contributed by atoms with Gasteiger partial charge in [-0.25, -0.2) is 5.43 Å². The van der Waals surface area contributed by atoms with E-state index in [9.17, 15) is 4.79 Å². The maximum absolute atomic E-state index is 11.7. The Kier molecular flexibility index (Phi) is 3.52. The van der Waals surface area contributed by atoms with Crippen molar-refractivity contribution in [2.75, 3.05) is 0 Å². The molecule has 0 aromatic carbocycles. The second-order valence-corrected chi connectivity index (χ2v) is 3.89. The molecular weight excluding hydrogens is 228 g/mol. The van der Waals surface area contributed by atoms with Gasteiger partial charge in [0.25, 0.3) is 5.91 Å². The van der Waals surface area contributed by atoms with Gasteiger partial charge in [-0.1, -0.05) is 0 Å². The minimum absolute atomic E-state index is 0.250. The fourth-order valence-electron chi connectivity index (χ4n) is 1.49. The summed E-state index contributed by atoms with van der Waals surface area (Å²) in [6, 6.07) is 7.21. The first-order valence-corrected chi connectivity index (χ1v) is 5.54. The van der Waals surface area contributed by atoms with E-state index in [1.54, 1.807) is 30.7 Å². The van der Waals surface area contributed by atoms with Crippen LogP contribution in [0.15, 0.2) is 41.8 Å². The lowest BCUT2D eigenvalue weighted by Gasteiger charge is -2.00. The molecule has 92 valence electrons. The van der Waals surface area contributed by atoms with Crippen molar-refractivity contribution < 1.29 is 4.79 Å². The van der Waals surface area contributed by atoms with Gasteiger partial charge >= 0.3 is 0 Å². The first-order valence-electron chi connectivity index (χ1n) is 5.54. The van der Waals surface area contributed by atoms with Gasteiger partial charge in [0.15, 0.2) is 0 Å². The van der Waals surface area contributed by atoms with Gasteiger partial charge in [-0.2, -0.15) is 5.10 Å². The van der Waals surface area contributed by atoms with E-state index in [2.05, 4.69) is 15.5 Å². The molecule has 2 aromatic rings. The van der Waals surface area contributed by atoms with Crippen molar-refractivity contribution in [2.24, 2.45) is 12.1 Å². The van der Waals surface area contributed by atoms with Crippen LogP contribution in [0.4, 0.5) is 0 Å². The van der Waals surface area contributed by atoms with Crippen molar-refractivity contribution in [3.8, 4) is 0 Å². The van der Waals surface area contributed by atoms with Crippen molar-refractivity contribution in [3.63, 3.8) is 0 Å². The smallest absolute Gasteiger partial charge is 0.271 e. The average Bonchev–Trinajstić information content (AvgIpc) is 2.71. The van der Waals surface area contributed by atoms with Crippen LogP contribution in [0, 0.1) is 6.92 Å². The molecule has 0 atom stereocenters. The van der Waals surface area contributed by atoms with Crippen LogP contribution in [-0.2, 0) is 7.05 Å². The van der Waals surface area contributed by atoms with E-state index in [-0.39, 0.29) is 5.91 Å². The molecular formula is C13H14N4O. The van der Waals surface area contributed by atoms with Crippen LogP contribution in [0.25, 0.3) is 0 Å². The second kappa shape index (κ2) is 5.27. The maximum atomic E-state index is 11.7. The summed E-state index contributed by atoms with van der Waals surface area (Å²) in [5.41, 5.74) is 5.07. The number of nitrogens with zero attached hydrogens (tertiary/aromatic N) is 3. The van der Waals surface area contributed by atoms with Gasteiger partial charge in [-0.05, 0) is 31.2 Å². The first-order chi connectivity index (χ1) is 8.68. The topological polar surface area (TPSA) is 59.3 Å². The Morgan fingerprint density at radius 3 is 2.67 bits per heavy atom. The molecule has 0 radical (unpaired) electrons. The monoisotopic (exact) mass is 242 g/mol. The molecule has 1 N–H and O–H groups in total. The van der Waals surface area contributed by atoms with Crippen molar-refractivity contribution in [2.45, 2.75) is 6.92 Å². The Labute approximate surface area is 105 Å². The van der Waals surface area contributed by atoms with Gasteiger partial charge in [-0.15, -0.1) is 0 Å². The standard InChI is InChI=1S/C13H14N4O/c1-10-3-4-12(17(10)2)9-15-16-13(18)11-5-7-14-8-6-11/h3-9H,1-2H3,(H,16,18)/b15-9+. The van der Waals surface area contributed by atoms with Crippen LogP contribution in [0.5, 0.6) is 0 Å². The molecule has 0 aliphatic rings. The lowest BCUT2D eigenvalue weighted by atomic mass is 10.3. The number of rotatable bonds is 3. The number of aromatic nitrogens is 2. The molecule has 5 heteroatoms. The third kappa shape index (κ3) is 2.63. The molecule has 0 saturated carbocycles. The molecule has 2 heterocycles. The number of hydrogen-bond donors (Lipinski definition) is 1. The summed E-state index contributed by atoms with van der Waals surface area (Å²) in [6.45, 7) is 2.01. The van der Waals surface area contributed by atoms with Crippen LogP contribution < -0.4 is 5.43 Å². The molecule has 0 bridgehead atoms. The lowest BCUT2D eigenvalue weighted by Crippen LogP contribution is -2.17. The summed E-state index contributed by atoms with van der Waals surface area (Å²) in [5.74, 6) is -0.250. The van der Waals surface area contributed by atoms with E-state index in [0.717, 1.165) is 11.4 Å². The van der Waals surface area contributed by atoms with Gasteiger partial charge in [0.1, 0.15) is 0 Å². The zero-order chi connectivity index (χ0) is 13.0. The third-order valence-electron chi connectivity index (χ3n) is 2.72. The quantitative estimate of drug-likeness (QED) is 0.655. The number of hydrazone groups is 1. The average molecular weight is 242 g/mol. The van der Waals surface area contributed by atoms with Gasteiger partial charge in [-0.3, -0.25) is 9.78 Å². The van der Waals surface area contributed by atoms with E-state index in [1.165, 1.54) is 0 Å². The highest BCUT2D eigenvalue weighted by Crippen LogP contribution is 2.02. The predicted octanol–water partition coefficient (Wildman–Crippen LogP) is 1.49. The van der Waals surface area contributed by atoms with Crippen LogP contribution in [0.1, 0.15) is 21.7 Å². The second-order valence-electron chi connectivity index (χ2n) is 3.89. The summed E-state index contributed by atoms with van der Waals surface area (Å²) in [7, 11) is 1.95. The number of amides is 1. The third-order valence-corrected chi connectivity index (χ3v) is 2.72. The van der Waals surface area contributed by atoms with E-state index in [1.807, 2.05) is 30.7 Å². The van der Waals surface area contributed by atoms with Gasteiger partial charge < -0.3 is 4.57 Å². The number of carbonyl (C=O) groups is 1. The Morgan fingerprint density at radius 2 is 2.06 bits per heavy atom. The van der Waals surface area contributed by atoms with Crippen LogP contribution in [0.2, 0.25) is 0 Å². The minimum atomic E-state index is -0.250. The highest BCUT2D eigenvalue weighted by molar-refractivity contribution is 5.94. The molecule has 0 aliphatic carbocycles. The summed E-state index contributed by atoms with van der Waals surface area (Å²) >= 11 is 0. The zero-order valence-electron chi connectivity index (χ0n) is 10.3. The highest BCUT2D eigenvalue weighted by Gasteiger charge is 2.02. The molecule has 0 fully saturated rings. The molecule has 18 heavy (non-hydrogen) atoms. The summed E-state index contributed by atoms with van der Waals surface area (Å²) in [5, 5.41) is 3.93. The predicted molar refractivity (Wildman–Crippen MR) is 69.4 cm³/mol. The summed E-state index contributed by atoms with van der Waals surface area (Å²) < 4.78 is 1.99. The number of pyridine rings is 1. The maximum Gasteiger partial charge on any atom is 0.271 e. The van der Waals surface area contributed by atoms with Gasteiger partial charge in [0.2, 0.25) is 0 Å². The first kappa shape index (κ1) is 12.0. The molecule has 0 saturated heterocycles. The number of hydrogen-bond acceptors (Lipinski definition) is 3. The Hall–Kier alpha value is -2.43. The normalized spacial score (nSPS) is 10.8. The van der Waals surface area contributed by atoms with Crippen molar-refractivity contribution in [1.82, 2.24) is 15.0 Å².